The largest absolute Gasteiger partial charge is 0.497 e. The van der Waals surface area contributed by atoms with Crippen LogP contribution < -0.4 is 10.5 Å². The SMILES string of the molecule is COc1ccc2nc(-c3sc(CN)nc3C)sc2c1. The monoisotopic (exact) mass is 291 g/mol. The van der Waals surface area contributed by atoms with Crippen molar-refractivity contribution >= 4 is 32.9 Å². The van der Waals surface area contributed by atoms with Crippen LogP contribution in [0.2, 0.25) is 0 Å². The second-order valence-electron chi connectivity index (χ2n) is 4.08. The van der Waals surface area contributed by atoms with E-state index in [4.69, 9.17) is 10.5 Å². The molecule has 0 spiro atoms. The van der Waals surface area contributed by atoms with E-state index in [0.717, 1.165) is 36.6 Å². The van der Waals surface area contributed by atoms with E-state index in [2.05, 4.69) is 9.97 Å². The van der Waals surface area contributed by atoms with Crippen LogP contribution in [0.15, 0.2) is 18.2 Å². The molecule has 0 saturated carbocycles. The highest BCUT2D eigenvalue weighted by molar-refractivity contribution is 7.25. The van der Waals surface area contributed by atoms with Gasteiger partial charge in [-0.15, -0.1) is 22.7 Å². The van der Waals surface area contributed by atoms with Crippen LogP contribution in [0.25, 0.3) is 20.1 Å². The lowest BCUT2D eigenvalue weighted by molar-refractivity contribution is 0.415. The summed E-state index contributed by atoms with van der Waals surface area (Å²) < 4.78 is 6.36. The Morgan fingerprint density at radius 2 is 2.11 bits per heavy atom. The zero-order valence-electron chi connectivity index (χ0n) is 10.6. The summed E-state index contributed by atoms with van der Waals surface area (Å²) in [6.07, 6.45) is 0. The maximum Gasteiger partial charge on any atom is 0.136 e. The number of aromatic nitrogens is 2. The van der Waals surface area contributed by atoms with Gasteiger partial charge in [-0.1, -0.05) is 0 Å². The molecule has 19 heavy (non-hydrogen) atoms. The zero-order valence-corrected chi connectivity index (χ0v) is 12.3. The van der Waals surface area contributed by atoms with Gasteiger partial charge in [-0.2, -0.15) is 0 Å². The summed E-state index contributed by atoms with van der Waals surface area (Å²) in [5, 5.41) is 1.95. The number of thiazole rings is 2. The van der Waals surface area contributed by atoms with Crippen LogP contribution in [0.1, 0.15) is 10.7 Å². The van der Waals surface area contributed by atoms with Crippen molar-refractivity contribution in [1.82, 2.24) is 9.97 Å². The van der Waals surface area contributed by atoms with Gasteiger partial charge in [-0.25, -0.2) is 9.97 Å². The highest BCUT2D eigenvalue weighted by Gasteiger charge is 2.13. The molecule has 3 rings (SSSR count). The summed E-state index contributed by atoms with van der Waals surface area (Å²) in [5.74, 6) is 0.853. The molecule has 3 aromatic rings. The number of benzene rings is 1. The van der Waals surface area contributed by atoms with E-state index >= 15 is 0 Å². The number of ether oxygens (including phenoxy) is 1. The Bertz CT molecular complexity index is 733. The topological polar surface area (TPSA) is 61.0 Å². The number of aryl methyl sites for hydroxylation is 1. The van der Waals surface area contributed by atoms with Crippen LogP contribution in [0.4, 0.5) is 0 Å². The van der Waals surface area contributed by atoms with Crippen molar-refractivity contribution in [2.45, 2.75) is 13.5 Å². The van der Waals surface area contributed by atoms with Crippen molar-refractivity contribution in [1.29, 1.82) is 0 Å². The van der Waals surface area contributed by atoms with Crippen LogP contribution in [-0.4, -0.2) is 17.1 Å². The van der Waals surface area contributed by atoms with Gasteiger partial charge in [0.1, 0.15) is 15.8 Å². The smallest absolute Gasteiger partial charge is 0.136 e. The van der Waals surface area contributed by atoms with E-state index in [0.29, 0.717) is 6.54 Å². The van der Waals surface area contributed by atoms with Crippen LogP contribution in [0.5, 0.6) is 5.75 Å². The minimum atomic E-state index is 0.476. The Morgan fingerprint density at radius 3 is 2.79 bits per heavy atom. The van der Waals surface area contributed by atoms with Gasteiger partial charge < -0.3 is 10.5 Å². The molecule has 1 aromatic carbocycles. The standard InChI is InChI=1S/C13H13N3OS2/c1-7-12(19-11(6-14)15-7)13-16-9-4-3-8(17-2)5-10(9)18-13/h3-5H,6,14H2,1-2H3. The highest BCUT2D eigenvalue weighted by atomic mass is 32.1. The Balaban J connectivity index is 2.11. The predicted molar refractivity (Wildman–Crippen MR) is 79.9 cm³/mol. The molecule has 0 amide bonds. The van der Waals surface area contributed by atoms with Gasteiger partial charge in [0.2, 0.25) is 0 Å². The van der Waals surface area contributed by atoms with E-state index in [1.54, 1.807) is 29.8 Å². The van der Waals surface area contributed by atoms with E-state index < -0.39 is 0 Å². The molecule has 0 bridgehead atoms. The number of fused-ring (bicyclic) bond motifs is 1. The van der Waals surface area contributed by atoms with Gasteiger partial charge in [-0.05, 0) is 25.1 Å². The van der Waals surface area contributed by atoms with E-state index in [9.17, 15) is 0 Å². The minimum absolute atomic E-state index is 0.476. The third kappa shape index (κ3) is 2.22. The molecule has 0 aliphatic heterocycles. The van der Waals surface area contributed by atoms with Crippen molar-refractivity contribution in [2.24, 2.45) is 5.73 Å². The fourth-order valence-electron chi connectivity index (χ4n) is 1.87. The van der Waals surface area contributed by atoms with Gasteiger partial charge in [-0.3, -0.25) is 0 Å². The number of rotatable bonds is 3. The molecule has 2 N–H and O–H groups in total. The van der Waals surface area contributed by atoms with Crippen molar-refractivity contribution in [3.63, 3.8) is 0 Å². The average Bonchev–Trinajstić information content (AvgIpc) is 3.00. The fraction of sp³-hybridized carbons (Fsp3) is 0.231. The van der Waals surface area contributed by atoms with Crippen molar-refractivity contribution in [3.8, 4) is 15.6 Å². The van der Waals surface area contributed by atoms with Gasteiger partial charge in [0.25, 0.3) is 0 Å². The lowest BCUT2D eigenvalue weighted by Crippen LogP contribution is -1.94. The third-order valence-corrected chi connectivity index (χ3v) is 5.16. The lowest BCUT2D eigenvalue weighted by atomic mass is 10.3. The number of nitrogens with two attached hydrogens (primary N) is 1. The predicted octanol–water partition coefficient (Wildman–Crippen LogP) is 3.20. The first-order valence-corrected chi connectivity index (χ1v) is 7.46. The van der Waals surface area contributed by atoms with Crippen LogP contribution in [-0.2, 0) is 6.54 Å². The lowest BCUT2D eigenvalue weighted by Gasteiger charge is -1.96. The van der Waals surface area contributed by atoms with Crippen LogP contribution in [0.3, 0.4) is 0 Å². The molecule has 2 aromatic heterocycles. The van der Waals surface area contributed by atoms with Crippen molar-refractivity contribution in [2.75, 3.05) is 7.11 Å². The molecule has 0 atom stereocenters. The summed E-state index contributed by atoms with van der Waals surface area (Å²) in [6.45, 7) is 2.47. The summed E-state index contributed by atoms with van der Waals surface area (Å²) >= 11 is 3.27. The quantitative estimate of drug-likeness (QED) is 0.805. The first-order chi connectivity index (χ1) is 9.21. The molecule has 0 radical (unpaired) electrons. The highest BCUT2D eigenvalue weighted by Crippen LogP contribution is 2.36. The van der Waals surface area contributed by atoms with Gasteiger partial charge in [0, 0.05) is 6.54 Å². The molecule has 0 saturated heterocycles. The zero-order chi connectivity index (χ0) is 13.4. The molecular weight excluding hydrogens is 278 g/mol. The van der Waals surface area contributed by atoms with Crippen molar-refractivity contribution in [3.05, 3.63) is 28.9 Å². The van der Waals surface area contributed by atoms with Gasteiger partial charge >= 0.3 is 0 Å². The summed E-state index contributed by atoms with van der Waals surface area (Å²) in [7, 11) is 1.67. The number of hydrogen-bond donors (Lipinski definition) is 1. The first kappa shape index (κ1) is 12.5. The minimum Gasteiger partial charge on any atom is -0.497 e. The van der Waals surface area contributed by atoms with E-state index in [1.165, 1.54) is 0 Å². The van der Waals surface area contributed by atoms with Gasteiger partial charge in [0.05, 0.1) is 27.9 Å². The molecule has 0 fully saturated rings. The van der Waals surface area contributed by atoms with E-state index in [-0.39, 0.29) is 0 Å². The molecule has 98 valence electrons. The summed E-state index contributed by atoms with van der Waals surface area (Å²) in [4.78, 5) is 10.2. The summed E-state index contributed by atoms with van der Waals surface area (Å²) in [6, 6.07) is 5.92. The van der Waals surface area contributed by atoms with Crippen LogP contribution in [0, 0.1) is 6.92 Å². The average molecular weight is 291 g/mol. The van der Waals surface area contributed by atoms with Crippen LogP contribution >= 0.6 is 22.7 Å². The third-order valence-electron chi connectivity index (χ3n) is 2.81. The number of nitrogens with zero attached hydrogens (tertiary/aromatic N) is 2. The number of hydrogen-bond acceptors (Lipinski definition) is 6. The molecule has 4 nitrogen and oxygen atoms in total. The fourth-order valence-corrected chi connectivity index (χ4v) is 3.93. The Kier molecular flexibility index (Phi) is 3.22. The molecule has 0 aliphatic carbocycles. The molecule has 2 heterocycles. The molecular formula is C13H13N3OS2. The summed E-state index contributed by atoms with van der Waals surface area (Å²) in [5.41, 5.74) is 7.62. The molecule has 0 unspecified atom stereocenters. The Morgan fingerprint density at radius 1 is 1.26 bits per heavy atom. The maximum atomic E-state index is 5.64. The van der Waals surface area contributed by atoms with Crippen molar-refractivity contribution < 1.29 is 4.74 Å². The Hall–Kier alpha value is -1.50. The molecule has 0 aliphatic rings. The second-order valence-corrected chi connectivity index (χ2v) is 6.19. The maximum absolute atomic E-state index is 5.64. The Labute approximate surface area is 118 Å². The second kappa shape index (κ2) is 4.88. The van der Waals surface area contributed by atoms with Gasteiger partial charge in [0.15, 0.2) is 0 Å². The van der Waals surface area contributed by atoms with E-state index in [1.807, 2.05) is 25.1 Å². The number of methoxy groups -OCH3 is 1. The first-order valence-electron chi connectivity index (χ1n) is 5.82. The molecule has 6 heteroatoms. The normalized spacial score (nSPS) is 11.1.